The lowest BCUT2D eigenvalue weighted by Gasteiger charge is -2.29. The molecule has 3 N–H and O–H groups in total. The van der Waals surface area contributed by atoms with Crippen LogP contribution >= 0.6 is 0 Å². The topological polar surface area (TPSA) is 49.5 Å². The zero-order chi connectivity index (χ0) is 12.7. The fourth-order valence-electron chi connectivity index (χ4n) is 2.01. The predicted molar refractivity (Wildman–Crippen MR) is 72.0 cm³/mol. The summed E-state index contributed by atoms with van der Waals surface area (Å²) in [5.74, 6) is 0.338. The minimum absolute atomic E-state index is 0.199. The van der Waals surface area contributed by atoms with Gasteiger partial charge in [-0.3, -0.25) is 4.90 Å². The van der Waals surface area contributed by atoms with E-state index in [-0.39, 0.29) is 6.61 Å². The first-order valence-corrected chi connectivity index (χ1v) is 6.29. The van der Waals surface area contributed by atoms with E-state index in [1.54, 1.807) is 0 Å². The summed E-state index contributed by atoms with van der Waals surface area (Å²) in [7, 11) is 0. The van der Waals surface area contributed by atoms with Crippen molar-refractivity contribution in [2.24, 2.45) is 5.73 Å². The third-order valence-electron chi connectivity index (χ3n) is 3.13. The molecular weight excluding hydrogens is 212 g/mol. The second-order valence-electron chi connectivity index (χ2n) is 4.66. The van der Waals surface area contributed by atoms with Gasteiger partial charge in [-0.25, -0.2) is 0 Å². The van der Waals surface area contributed by atoms with Gasteiger partial charge in [0.1, 0.15) is 0 Å². The Labute approximate surface area is 104 Å². The highest BCUT2D eigenvalue weighted by atomic mass is 16.3. The average molecular weight is 236 g/mol. The normalized spacial score (nSPS) is 13.3. The number of nitrogens with zero attached hydrogens (tertiary/aromatic N) is 1. The van der Waals surface area contributed by atoms with E-state index in [9.17, 15) is 0 Å². The van der Waals surface area contributed by atoms with Crippen molar-refractivity contribution in [1.29, 1.82) is 0 Å². The molecule has 0 fully saturated rings. The van der Waals surface area contributed by atoms with Gasteiger partial charge >= 0.3 is 0 Å². The van der Waals surface area contributed by atoms with Crippen molar-refractivity contribution >= 4 is 0 Å². The molecule has 1 unspecified atom stereocenters. The lowest BCUT2D eigenvalue weighted by Crippen LogP contribution is -2.38. The van der Waals surface area contributed by atoms with Crippen LogP contribution in [0.15, 0.2) is 30.3 Å². The lowest BCUT2D eigenvalue weighted by atomic mass is 9.98. The van der Waals surface area contributed by atoms with Crippen molar-refractivity contribution in [1.82, 2.24) is 4.90 Å². The number of hydrogen-bond donors (Lipinski definition) is 2. The molecule has 0 aliphatic rings. The van der Waals surface area contributed by atoms with Gasteiger partial charge in [-0.2, -0.15) is 0 Å². The van der Waals surface area contributed by atoms with Crippen LogP contribution in [-0.2, 0) is 0 Å². The Morgan fingerprint density at radius 1 is 1.24 bits per heavy atom. The molecule has 0 amide bonds. The highest BCUT2D eigenvalue weighted by molar-refractivity contribution is 5.20. The molecule has 1 rings (SSSR count). The van der Waals surface area contributed by atoms with Crippen LogP contribution < -0.4 is 5.73 Å². The summed E-state index contributed by atoms with van der Waals surface area (Å²) in [6, 6.07) is 10.8. The van der Waals surface area contributed by atoms with Crippen LogP contribution in [0.4, 0.5) is 0 Å². The molecule has 1 aromatic rings. The van der Waals surface area contributed by atoms with E-state index in [1.807, 2.05) is 18.2 Å². The number of benzene rings is 1. The molecule has 0 bridgehead atoms. The highest BCUT2D eigenvalue weighted by Gasteiger charge is 2.16. The predicted octanol–water partition coefficient (Wildman–Crippen LogP) is 1.43. The third-order valence-corrected chi connectivity index (χ3v) is 3.13. The van der Waals surface area contributed by atoms with Gasteiger partial charge in [-0.15, -0.1) is 0 Å². The first-order valence-electron chi connectivity index (χ1n) is 6.29. The van der Waals surface area contributed by atoms with Crippen LogP contribution in [0, 0.1) is 0 Å². The summed E-state index contributed by atoms with van der Waals surface area (Å²) in [6.07, 6.45) is 0. The molecule has 0 heterocycles. The number of hydrogen-bond acceptors (Lipinski definition) is 3. The minimum Gasteiger partial charge on any atom is -0.395 e. The number of rotatable bonds is 7. The summed E-state index contributed by atoms with van der Waals surface area (Å²) in [5.41, 5.74) is 7.14. The van der Waals surface area contributed by atoms with Crippen LogP contribution in [0.1, 0.15) is 25.3 Å². The molecule has 96 valence electrons. The van der Waals surface area contributed by atoms with Gasteiger partial charge in [-0.05, 0) is 19.4 Å². The summed E-state index contributed by atoms with van der Waals surface area (Å²) in [4.78, 5) is 2.27. The molecule has 0 spiro atoms. The van der Waals surface area contributed by atoms with Gasteiger partial charge in [0.25, 0.3) is 0 Å². The minimum atomic E-state index is 0.199. The molecule has 3 nitrogen and oxygen atoms in total. The molecule has 0 aromatic heterocycles. The van der Waals surface area contributed by atoms with Gasteiger partial charge in [0.05, 0.1) is 6.61 Å². The molecule has 3 heteroatoms. The van der Waals surface area contributed by atoms with E-state index in [0.717, 1.165) is 6.54 Å². The van der Waals surface area contributed by atoms with Gasteiger partial charge < -0.3 is 10.8 Å². The van der Waals surface area contributed by atoms with Crippen LogP contribution in [-0.4, -0.2) is 42.3 Å². The second kappa shape index (κ2) is 7.43. The average Bonchev–Trinajstić information content (AvgIpc) is 2.35. The Balaban J connectivity index is 2.68. The van der Waals surface area contributed by atoms with E-state index < -0.39 is 0 Å². The van der Waals surface area contributed by atoms with Crippen molar-refractivity contribution in [3.8, 4) is 0 Å². The maximum atomic E-state index is 9.07. The molecular formula is C14H24N2O. The van der Waals surface area contributed by atoms with Gasteiger partial charge in [0, 0.05) is 31.6 Å². The van der Waals surface area contributed by atoms with E-state index in [2.05, 4.69) is 30.9 Å². The zero-order valence-electron chi connectivity index (χ0n) is 10.8. The molecule has 0 aliphatic heterocycles. The Kier molecular flexibility index (Phi) is 6.19. The maximum Gasteiger partial charge on any atom is 0.0558 e. The largest absolute Gasteiger partial charge is 0.395 e. The fourth-order valence-corrected chi connectivity index (χ4v) is 2.01. The highest BCUT2D eigenvalue weighted by Crippen LogP contribution is 2.16. The smallest absolute Gasteiger partial charge is 0.0558 e. The first-order chi connectivity index (χ1) is 8.19. The summed E-state index contributed by atoms with van der Waals surface area (Å²) in [5, 5.41) is 9.07. The molecule has 0 saturated heterocycles. The molecule has 0 radical (unpaired) electrons. The fraction of sp³-hybridized carbons (Fsp3) is 0.571. The molecule has 0 saturated carbocycles. The van der Waals surface area contributed by atoms with E-state index in [1.165, 1.54) is 5.56 Å². The first kappa shape index (κ1) is 14.2. The van der Waals surface area contributed by atoms with Crippen molar-refractivity contribution in [3.63, 3.8) is 0 Å². The summed E-state index contributed by atoms with van der Waals surface area (Å²) in [6.45, 7) is 6.74. The van der Waals surface area contributed by atoms with Crippen molar-refractivity contribution in [2.75, 3.05) is 26.2 Å². The second-order valence-corrected chi connectivity index (χ2v) is 4.66. The Morgan fingerprint density at radius 2 is 1.88 bits per heavy atom. The van der Waals surface area contributed by atoms with Crippen LogP contribution in [0.5, 0.6) is 0 Å². The van der Waals surface area contributed by atoms with Gasteiger partial charge in [-0.1, -0.05) is 30.3 Å². The quantitative estimate of drug-likeness (QED) is 0.753. The van der Waals surface area contributed by atoms with E-state index >= 15 is 0 Å². The van der Waals surface area contributed by atoms with Crippen LogP contribution in [0.25, 0.3) is 0 Å². The number of aliphatic hydroxyl groups is 1. The SMILES string of the molecule is CC(C)N(CCO)CC(CN)c1ccccc1. The van der Waals surface area contributed by atoms with E-state index in [0.29, 0.717) is 25.0 Å². The molecule has 17 heavy (non-hydrogen) atoms. The maximum absolute atomic E-state index is 9.07. The Morgan fingerprint density at radius 3 is 2.35 bits per heavy atom. The van der Waals surface area contributed by atoms with Gasteiger partial charge in [0.2, 0.25) is 0 Å². The monoisotopic (exact) mass is 236 g/mol. The zero-order valence-corrected chi connectivity index (χ0v) is 10.8. The Hall–Kier alpha value is -0.900. The van der Waals surface area contributed by atoms with Crippen molar-refractivity contribution in [3.05, 3.63) is 35.9 Å². The molecule has 1 atom stereocenters. The van der Waals surface area contributed by atoms with Crippen molar-refractivity contribution in [2.45, 2.75) is 25.8 Å². The summed E-state index contributed by atoms with van der Waals surface area (Å²) < 4.78 is 0. The van der Waals surface area contributed by atoms with E-state index in [4.69, 9.17) is 10.8 Å². The van der Waals surface area contributed by atoms with Crippen LogP contribution in [0.2, 0.25) is 0 Å². The van der Waals surface area contributed by atoms with Gasteiger partial charge in [0.15, 0.2) is 0 Å². The lowest BCUT2D eigenvalue weighted by molar-refractivity contribution is 0.158. The Bertz CT molecular complexity index is 300. The van der Waals surface area contributed by atoms with Crippen LogP contribution in [0.3, 0.4) is 0 Å². The number of aliphatic hydroxyl groups excluding tert-OH is 1. The molecule has 1 aromatic carbocycles. The molecule has 0 aliphatic carbocycles. The standard InChI is InChI=1S/C14H24N2O/c1-12(2)16(8-9-17)11-14(10-15)13-6-4-3-5-7-13/h3-7,12,14,17H,8-11,15H2,1-2H3. The van der Waals surface area contributed by atoms with Crippen molar-refractivity contribution < 1.29 is 5.11 Å². The third kappa shape index (κ3) is 4.46. The number of nitrogens with two attached hydrogens (primary N) is 1. The summed E-state index contributed by atoms with van der Waals surface area (Å²) >= 11 is 0.